The van der Waals surface area contributed by atoms with Crippen LogP contribution in [-0.4, -0.2) is 17.3 Å². The van der Waals surface area contributed by atoms with Crippen molar-refractivity contribution < 1.29 is 9.90 Å². The van der Waals surface area contributed by atoms with Crippen molar-refractivity contribution >= 4 is 18.6 Å². The topological polar surface area (TPSA) is 37.3 Å². The van der Waals surface area contributed by atoms with Crippen LogP contribution < -0.4 is 0 Å². The van der Waals surface area contributed by atoms with Gasteiger partial charge in [0.2, 0.25) is 0 Å². The molecule has 0 spiro atoms. The fourth-order valence-corrected chi connectivity index (χ4v) is 1.64. The molecule has 0 radical (unpaired) electrons. The third-order valence-electron chi connectivity index (χ3n) is 2.19. The molecule has 0 aromatic heterocycles. The maximum absolute atomic E-state index is 10.3. The quantitative estimate of drug-likeness (QED) is 0.698. The summed E-state index contributed by atoms with van der Waals surface area (Å²) in [4.78, 5) is 10.3. The Morgan fingerprint density at radius 3 is 2.00 bits per heavy atom. The molecular weight excluding hydrogens is 196 g/mol. The molecule has 0 aromatic carbocycles. The maximum atomic E-state index is 10.3. The van der Waals surface area contributed by atoms with Gasteiger partial charge in [-0.3, -0.25) is 4.79 Å². The molecule has 0 aliphatic heterocycles. The Kier molecular flexibility index (Phi) is 14.9. The van der Waals surface area contributed by atoms with Gasteiger partial charge in [0.05, 0.1) is 0 Å². The van der Waals surface area contributed by atoms with Gasteiger partial charge in [0.25, 0.3) is 0 Å². The average molecular weight is 220 g/mol. The highest BCUT2D eigenvalue weighted by atomic mass is 32.1. The van der Waals surface area contributed by atoms with Gasteiger partial charge in [-0.05, 0) is 25.0 Å². The van der Waals surface area contributed by atoms with Crippen molar-refractivity contribution in [1.29, 1.82) is 0 Å². The van der Waals surface area contributed by atoms with E-state index in [0.717, 1.165) is 12.8 Å². The summed E-state index contributed by atoms with van der Waals surface area (Å²) in [5.74, 6) is -0.154. The Labute approximate surface area is 93.5 Å². The number of carboxylic acid groups (broad SMARTS) is 1. The molecule has 1 N–H and O–H groups in total. The molecule has 86 valence electrons. The summed E-state index contributed by atoms with van der Waals surface area (Å²) in [6.45, 7) is 4.00. The molecule has 1 rings (SSSR count). The highest BCUT2D eigenvalue weighted by Crippen LogP contribution is 2.25. The van der Waals surface area contributed by atoms with Gasteiger partial charge in [-0.25, -0.2) is 0 Å². The molecule has 14 heavy (non-hydrogen) atoms. The summed E-state index contributed by atoms with van der Waals surface area (Å²) in [6, 6.07) is 0. The lowest BCUT2D eigenvalue weighted by molar-refractivity contribution is -0.138. The molecule has 0 aromatic rings. The van der Waals surface area contributed by atoms with E-state index in [4.69, 9.17) is 5.11 Å². The molecule has 3 heteroatoms. The highest BCUT2D eigenvalue weighted by molar-refractivity contribution is 7.79. The molecule has 2 nitrogen and oxygen atoms in total. The smallest absolute Gasteiger partial charge is 0.303 e. The Morgan fingerprint density at radius 1 is 1.21 bits per heavy atom. The summed E-state index contributed by atoms with van der Waals surface area (Å²) < 4.78 is 0. The van der Waals surface area contributed by atoms with E-state index >= 15 is 0 Å². The lowest BCUT2D eigenvalue weighted by atomic mass is 9.87. The van der Waals surface area contributed by atoms with E-state index in [1.807, 2.05) is 13.8 Å². The van der Waals surface area contributed by atoms with Gasteiger partial charge < -0.3 is 5.11 Å². The molecule has 0 saturated heterocycles. The van der Waals surface area contributed by atoms with Gasteiger partial charge in [0.15, 0.2) is 0 Å². The van der Waals surface area contributed by atoms with Crippen LogP contribution in [0.2, 0.25) is 0 Å². The molecular formula is C11H24O2S. The molecule has 1 saturated carbocycles. The van der Waals surface area contributed by atoms with Crippen molar-refractivity contribution in [3.05, 3.63) is 0 Å². The van der Waals surface area contributed by atoms with Crippen LogP contribution in [0.4, 0.5) is 0 Å². The SMILES string of the molecule is CC.CS.O=C(O)CC1CCCCC1. The van der Waals surface area contributed by atoms with Crippen molar-refractivity contribution in [1.82, 2.24) is 0 Å². The number of aliphatic carboxylic acids is 1. The van der Waals surface area contributed by atoms with Crippen LogP contribution in [0.5, 0.6) is 0 Å². The Balaban J connectivity index is 0. The van der Waals surface area contributed by atoms with Gasteiger partial charge >= 0.3 is 5.97 Å². The third kappa shape index (κ3) is 9.90. The fourth-order valence-electron chi connectivity index (χ4n) is 1.64. The van der Waals surface area contributed by atoms with Crippen molar-refractivity contribution in [3.8, 4) is 0 Å². The van der Waals surface area contributed by atoms with E-state index in [2.05, 4.69) is 12.6 Å². The zero-order valence-corrected chi connectivity index (χ0v) is 10.5. The summed E-state index contributed by atoms with van der Waals surface area (Å²) in [7, 11) is 0. The van der Waals surface area contributed by atoms with Crippen LogP contribution in [0.1, 0.15) is 52.4 Å². The lowest BCUT2D eigenvalue weighted by Crippen LogP contribution is -2.10. The first kappa shape index (κ1) is 16.3. The molecule has 0 heterocycles. The van der Waals surface area contributed by atoms with Gasteiger partial charge in [0, 0.05) is 6.42 Å². The minimum absolute atomic E-state index is 0.389. The van der Waals surface area contributed by atoms with Crippen LogP contribution in [0.15, 0.2) is 0 Å². The number of carbonyl (C=O) groups is 1. The maximum Gasteiger partial charge on any atom is 0.303 e. The number of carboxylic acids is 1. The first-order valence-corrected chi connectivity index (χ1v) is 6.35. The second-order valence-electron chi connectivity index (χ2n) is 3.10. The van der Waals surface area contributed by atoms with E-state index in [9.17, 15) is 4.79 Å². The summed E-state index contributed by atoms with van der Waals surface area (Å²) in [6.07, 6.45) is 8.12. The van der Waals surface area contributed by atoms with E-state index in [-0.39, 0.29) is 0 Å². The molecule has 0 bridgehead atoms. The Hall–Kier alpha value is -0.180. The van der Waals surface area contributed by atoms with Crippen LogP contribution in [0.25, 0.3) is 0 Å². The van der Waals surface area contributed by atoms with Crippen molar-refractivity contribution in [3.63, 3.8) is 0 Å². The molecule has 1 aliphatic carbocycles. The second-order valence-corrected chi connectivity index (χ2v) is 3.10. The first-order valence-electron chi connectivity index (χ1n) is 5.45. The van der Waals surface area contributed by atoms with Gasteiger partial charge in [-0.1, -0.05) is 33.1 Å². The normalized spacial score (nSPS) is 15.7. The number of thiol groups is 1. The Bertz CT molecular complexity index is 120. The average Bonchev–Trinajstić information content (AvgIpc) is 2.24. The minimum Gasteiger partial charge on any atom is -0.481 e. The molecule has 1 fully saturated rings. The minimum atomic E-state index is -0.632. The first-order chi connectivity index (χ1) is 6.79. The van der Waals surface area contributed by atoms with Crippen molar-refractivity contribution in [2.45, 2.75) is 52.4 Å². The van der Waals surface area contributed by atoms with E-state index in [1.54, 1.807) is 6.26 Å². The van der Waals surface area contributed by atoms with Crippen molar-refractivity contribution in [2.24, 2.45) is 5.92 Å². The summed E-state index contributed by atoms with van der Waals surface area (Å²) >= 11 is 3.53. The Morgan fingerprint density at radius 2 is 1.64 bits per heavy atom. The largest absolute Gasteiger partial charge is 0.481 e. The predicted octanol–water partition coefficient (Wildman–Crippen LogP) is 3.61. The van der Waals surface area contributed by atoms with Crippen LogP contribution in [-0.2, 0) is 4.79 Å². The lowest BCUT2D eigenvalue weighted by Gasteiger charge is -2.18. The second kappa shape index (κ2) is 12.8. The summed E-state index contributed by atoms with van der Waals surface area (Å²) in [5, 5.41) is 8.47. The fraction of sp³-hybridized carbons (Fsp3) is 0.909. The van der Waals surface area contributed by atoms with Crippen LogP contribution >= 0.6 is 12.6 Å². The van der Waals surface area contributed by atoms with E-state index < -0.39 is 5.97 Å². The predicted molar refractivity (Wildman–Crippen MR) is 65.1 cm³/mol. The number of hydrogen-bond donors (Lipinski definition) is 2. The molecule has 0 unspecified atom stereocenters. The highest BCUT2D eigenvalue weighted by Gasteiger charge is 2.15. The van der Waals surface area contributed by atoms with Crippen LogP contribution in [0, 0.1) is 5.92 Å². The monoisotopic (exact) mass is 220 g/mol. The van der Waals surface area contributed by atoms with Crippen molar-refractivity contribution in [2.75, 3.05) is 6.26 Å². The molecule has 1 aliphatic rings. The van der Waals surface area contributed by atoms with Gasteiger partial charge in [-0.2, -0.15) is 12.6 Å². The van der Waals surface area contributed by atoms with Crippen LogP contribution in [0.3, 0.4) is 0 Å². The third-order valence-corrected chi connectivity index (χ3v) is 2.19. The van der Waals surface area contributed by atoms with Gasteiger partial charge in [-0.15, -0.1) is 0 Å². The number of rotatable bonds is 2. The zero-order valence-electron chi connectivity index (χ0n) is 9.62. The standard InChI is InChI=1S/C8H14O2.C2H6.CH4S/c9-8(10)6-7-4-2-1-3-5-7;2*1-2/h7H,1-6H2,(H,9,10);1-2H3;2H,1H3. The van der Waals surface area contributed by atoms with Gasteiger partial charge in [0.1, 0.15) is 0 Å². The summed E-state index contributed by atoms with van der Waals surface area (Å²) in [5.41, 5.74) is 0. The number of hydrogen-bond acceptors (Lipinski definition) is 2. The molecule has 0 atom stereocenters. The zero-order chi connectivity index (χ0) is 11.4. The van der Waals surface area contributed by atoms with E-state index in [1.165, 1.54) is 19.3 Å². The molecule has 0 amide bonds. The van der Waals surface area contributed by atoms with E-state index in [0.29, 0.717) is 12.3 Å².